The highest BCUT2D eigenvalue weighted by atomic mass is 35.5. The molecule has 0 bridgehead atoms. The van der Waals surface area contributed by atoms with Gasteiger partial charge in [-0.1, -0.05) is 84.3 Å². The fourth-order valence-corrected chi connectivity index (χ4v) is 12.2. The minimum Gasteiger partial charge on any atom is -0.489 e. The van der Waals surface area contributed by atoms with E-state index in [2.05, 4.69) is 78.3 Å². The van der Waals surface area contributed by atoms with Gasteiger partial charge in [-0.2, -0.15) is 5.26 Å². The van der Waals surface area contributed by atoms with E-state index < -0.39 is 46.2 Å². The number of nitrogens with zero attached hydrogens (tertiary/aromatic N) is 6. The fraction of sp³-hybridized carbons (Fsp3) is 0.537. The molecule has 386 valence electrons. The number of hydrogen-bond donors (Lipinski definition) is 4. The first-order valence-electron chi connectivity index (χ1n) is 24.7. The fourth-order valence-electron chi connectivity index (χ4n) is 11.1. The Hall–Kier alpha value is -5.64. The predicted octanol–water partition coefficient (Wildman–Crippen LogP) is 6.94. The Labute approximate surface area is 432 Å². The van der Waals surface area contributed by atoms with Gasteiger partial charge in [0.2, 0.25) is 17.7 Å². The number of piperazine rings is 1. The van der Waals surface area contributed by atoms with Gasteiger partial charge in [0.05, 0.1) is 51.0 Å². The lowest BCUT2D eigenvalue weighted by Crippen LogP contribution is -2.74. The second kappa shape index (κ2) is 21.8. The highest BCUT2D eigenvalue weighted by Crippen LogP contribution is 2.55. The number of amides is 4. The average Bonchev–Trinajstić information content (AvgIpc) is 3.94. The number of halogens is 1. The maximum Gasteiger partial charge on any atom is 0.253 e. The topological polar surface area (TPSA) is 202 Å². The van der Waals surface area contributed by atoms with Crippen LogP contribution in [0, 0.1) is 34.5 Å². The number of aliphatic hydroxyl groups is 1. The summed E-state index contributed by atoms with van der Waals surface area (Å²) in [7, 11) is 0. The van der Waals surface area contributed by atoms with Gasteiger partial charge in [0, 0.05) is 73.8 Å². The van der Waals surface area contributed by atoms with Crippen molar-refractivity contribution in [3.63, 3.8) is 0 Å². The van der Waals surface area contributed by atoms with Gasteiger partial charge in [-0.3, -0.25) is 24.1 Å². The van der Waals surface area contributed by atoms with Gasteiger partial charge in [-0.25, -0.2) is 9.97 Å². The number of nitrogens with one attached hydrogen (secondary N) is 3. The summed E-state index contributed by atoms with van der Waals surface area (Å²) in [6.45, 7) is 24.0. The lowest BCUT2D eigenvalue weighted by Gasteiger charge is -2.63. The molecule has 0 radical (unpaired) electrons. The van der Waals surface area contributed by atoms with Crippen LogP contribution in [0.25, 0.3) is 10.4 Å². The minimum atomic E-state index is -0.973. The molecule has 1 saturated carbocycles. The molecule has 4 aromatic rings. The lowest BCUT2D eigenvalue weighted by atomic mass is 9.49. The van der Waals surface area contributed by atoms with Crippen molar-refractivity contribution in [3.05, 3.63) is 93.7 Å². The predicted molar refractivity (Wildman–Crippen MR) is 279 cm³/mol. The van der Waals surface area contributed by atoms with Gasteiger partial charge < -0.3 is 40.3 Å². The largest absolute Gasteiger partial charge is 0.489 e. The number of β-amino-alcohol motifs (C(OH)–C–C–N with tert-alkyl or cyclic N) is 1. The van der Waals surface area contributed by atoms with Crippen molar-refractivity contribution >= 4 is 52.4 Å². The monoisotopic (exact) mass is 1020 g/mol. The number of thiazole rings is 1. The maximum atomic E-state index is 14.2. The zero-order chi connectivity index (χ0) is 52.4. The molecule has 2 saturated heterocycles. The van der Waals surface area contributed by atoms with Crippen molar-refractivity contribution < 1.29 is 33.8 Å². The van der Waals surface area contributed by atoms with Gasteiger partial charge in [-0.15, -0.1) is 11.3 Å². The molecule has 7 rings (SSSR count). The van der Waals surface area contributed by atoms with E-state index >= 15 is 0 Å². The number of carbonyl (C=O) groups excluding carboxylic acids is 4. The molecule has 2 aromatic heterocycles. The van der Waals surface area contributed by atoms with Crippen molar-refractivity contribution in [1.82, 2.24) is 35.7 Å². The van der Waals surface area contributed by atoms with E-state index in [-0.39, 0.29) is 61.7 Å². The molecule has 6 atom stereocenters. The number of anilines is 1. The molecule has 1 unspecified atom stereocenters. The van der Waals surface area contributed by atoms with Crippen molar-refractivity contribution in [2.45, 2.75) is 131 Å². The number of aryl methyl sites for hydroxylation is 1. The van der Waals surface area contributed by atoms with Crippen LogP contribution >= 0.6 is 22.9 Å². The van der Waals surface area contributed by atoms with E-state index in [9.17, 15) is 29.5 Å². The van der Waals surface area contributed by atoms with Crippen LogP contribution in [0.5, 0.6) is 5.75 Å². The summed E-state index contributed by atoms with van der Waals surface area (Å²) in [6, 6.07) is 16.5. The van der Waals surface area contributed by atoms with Crippen LogP contribution in [0.3, 0.4) is 0 Å². The summed E-state index contributed by atoms with van der Waals surface area (Å²) in [4.78, 5) is 71.0. The highest BCUT2D eigenvalue weighted by Gasteiger charge is 2.64. The van der Waals surface area contributed by atoms with Gasteiger partial charge >= 0.3 is 0 Å². The summed E-state index contributed by atoms with van der Waals surface area (Å²) in [6.07, 6.45) is 0.598. The molecule has 4 N–H and O–H groups in total. The van der Waals surface area contributed by atoms with Gasteiger partial charge in [0.1, 0.15) is 42.4 Å². The molecule has 72 heavy (non-hydrogen) atoms. The van der Waals surface area contributed by atoms with Crippen molar-refractivity contribution in [1.29, 1.82) is 5.26 Å². The van der Waals surface area contributed by atoms with Crippen LogP contribution in [0.1, 0.15) is 109 Å². The summed E-state index contributed by atoms with van der Waals surface area (Å²) in [5.41, 5.74) is 4.03. The highest BCUT2D eigenvalue weighted by molar-refractivity contribution is 7.13. The minimum absolute atomic E-state index is 0.0221. The Morgan fingerprint density at radius 2 is 1.65 bits per heavy atom. The van der Waals surface area contributed by atoms with Crippen molar-refractivity contribution in [2.75, 3.05) is 44.3 Å². The molecule has 18 heteroatoms. The number of hydrogen-bond acceptors (Lipinski definition) is 13. The molecule has 0 spiro atoms. The quantitative estimate of drug-likeness (QED) is 0.0845. The third kappa shape index (κ3) is 11.7. The summed E-state index contributed by atoms with van der Waals surface area (Å²) in [5.74, 6) is -0.131. The van der Waals surface area contributed by atoms with Crippen LogP contribution < -0.4 is 25.6 Å². The lowest BCUT2D eigenvalue weighted by molar-refractivity contribution is -0.164. The van der Waals surface area contributed by atoms with Crippen LogP contribution in [0.15, 0.2) is 66.3 Å². The molecular weight excluding hydrogens is 954 g/mol. The molecule has 1 aliphatic carbocycles. The van der Waals surface area contributed by atoms with E-state index in [1.807, 2.05) is 76.5 Å². The summed E-state index contributed by atoms with van der Waals surface area (Å²) < 4.78 is 12.3. The van der Waals surface area contributed by atoms with Crippen molar-refractivity contribution in [3.8, 4) is 22.3 Å². The number of pyridine rings is 1. The van der Waals surface area contributed by atoms with Crippen molar-refractivity contribution in [2.24, 2.45) is 16.2 Å². The number of rotatable bonds is 16. The van der Waals surface area contributed by atoms with Crippen LogP contribution in [-0.4, -0.2) is 130 Å². The normalized spacial score (nSPS) is 23.6. The number of aliphatic hydroxyl groups excluding tert-OH is 1. The molecule has 4 amide bonds. The Kier molecular flexibility index (Phi) is 16.4. The number of ether oxygens (including phenoxy) is 2. The first-order valence-corrected chi connectivity index (χ1v) is 26.0. The van der Waals surface area contributed by atoms with Crippen LogP contribution in [-0.2, 0) is 19.1 Å². The third-order valence-electron chi connectivity index (χ3n) is 14.5. The van der Waals surface area contributed by atoms with E-state index in [4.69, 9.17) is 26.1 Å². The molecule has 3 aliphatic rings. The number of aromatic nitrogens is 2. The van der Waals surface area contributed by atoms with Crippen LogP contribution in [0.2, 0.25) is 5.02 Å². The maximum absolute atomic E-state index is 14.2. The summed E-state index contributed by atoms with van der Waals surface area (Å²) >= 11 is 7.84. The Bertz CT molecular complexity index is 2620. The molecule has 16 nitrogen and oxygen atoms in total. The van der Waals surface area contributed by atoms with Crippen LogP contribution in [0.4, 0.5) is 5.82 Å². The van der Waals surface area contributed by atoms with Gasteiger partial charge in [0.15, 0.2) is 0 Å². The standard InChI is InChI=1S/C54H70ClN9O7S/c1-31-26-62(27-32(2)64(31)43-19-17-38(25-57-43)47(67)61-50-53(8,9)51(54(50,10)11)71-40-18-16-37(24-56)41(55)23-40)20-21-70-29-44(66)60-46(52(5,6)7)49(69)63-28-39(65)22-42(63)48(68)59-33(3)35-12-14-36(15-13-35)45-34(4)58-30-72-45/h12-19,23,25,30-33,39,42,46,50-51,65H,20-22,26-29H2,1-11H3,(H,59,68)(H,60,66)(H,61,67)/t31-,32+,33-,39+,42?,46+,50?,51?/m0/s1. The summed E-state index contributed by atoms with van der Waals surface area (Å²) in [5, 5.41) is 29.4. The molecular formula is C54H70ClN9O7S. The molecule has 2 aromatic carbocycles. The molecule has 2 aliphatic heterocycles. The van der Waals surface area contributed by atoms with E-state index in [0.717, 1.165) is 40.6 Å². The Morgan fingerprint density at radius 3 is 2.24 bits per heavy atom. The SMILES string of the molecule is Cc1ncsc1-c1ccc([C@H](C)NC(=O)C2C[C@@H](O)CN2C(=O)[C@@H](NC(=O)COCCN2C[C@@H](C)N(c3ccc(C(=O)NC4C(C)(C)C(Oc5ccc(C#N)c(Cl)c5)C4(C)C)cn3)[C@@H](C)C2)C(C)(C)C)cc1. The van der Waals surface area contributed by atoms with E-state index in [1.165, 1.54) is 4.90 Å². The van der Waals surface area contributed by atoms with Gasteiger partial charge in [0.25, 0.3) is 5.91 Å². The zero-order valence-corrected chi connectivity index (χ0v) is 44.9. The Morgan fingerprint density at radius 1 is 0.972 bits per heavy atom. The Balaban J connectivity index is 0.860. The first kappa shape index (κ1) is 54.1. The average molecular weight is 1020 g/mol. The molecule has 4 heterocycles. The van der Waals surface area contributed by atoms with Gasteiger partial charge in [-0.05, 0) is 68.5 Å². The number of nitriles is 1. The second-order valence-corrected chi connectivity index (χ2v) is 23.3. The smallest absolute Gasteiger partial charge is 0.253 e. The van der Waals surface area contributed by atoms with E-state index in [1.54, 1.807) is 35.7 Å². The first-order chi connectivity index (χ1) is 33.9. The molecule has 3 fully saturated rings. The number of carbonyl (C=O) groups is 4. The van der Waals surface area contributed by atoms with E-state index in [0.29, 0.717) is 35.1 Å². The second-order valence-electron chi connectivity index (χ2n) is 22.0. The number of likely N-dealkylation sites (tertiary alicyclic amines) is 1. The third-order valence-corrected chi connectivity index (χ3v) is 15.8. The number of benzene rings is 2. The zero-order valence-electron chi connectivity index (χ0n) is 43.3.